The van der Waals surface area contributed by atoms with Crippen LogP contribution in [0, 0.1) is 0 Å². The number of para-hydroxylation sites is 1. The SMILES string of the molecule is [B]c1bc2c(-c3ccc4c5c(cccc35)-c3ccccc3O4)c3c([B])c([B])c([B])c([B])c3c(-c3ccccc3)c2c([B])c1[B]. The van der Waals surface area contributed by atoms with Crippen molar-refractivity contribution in [3.05, 3.63) is 84.9 Å². The Morgan fingerprint density at radius 3 is 1.82 bits per heavy atom. The molecule has 1 nitrogen and oxygen atoms in total. The predicted molar refractivity (Wildman–Crippen MR) is 194 cm³/mol. The summed E-state index contributed by atoms with van der Waals surface area (Å²) in [5.74, 6) is 1.56. The molecule has 0 N–H and O–H groups in total. The zero-order chi connectivity index (χ0) is 30.4. The number of ether oxygens (including phenoxy) is 1. The van der Waals surface area contributed by atoms with Crippen LogP contribution in [0.2, 0.25) is 0 Å². The van der Waals surface area contributed by atoms with Crippen LogP contribution in [0.25, 0.3) is 65.6 Å². The standard InChI is InChI=1S/C35H14B8O/c36-28-25-22(15-7-2-1-3-8-15)27-30(38)33(41)35(42)43-34(27)24(26(25)29(37)32(40)31(28)39)19-13-14-21-23-17(10-6-11-18(19)23)16-9-4-5-12-20(16)44-21/h1-14H. The van der Waals surface area contributed by atoms with E-state index in [1.54, 1.807) is 0 Å². The van der Waals surface area contributed by atoms with Crippen molar-refractivity contribution >= 4 is 132 Å². The molecule has 1 aliphatic rings. The summed E-state index contributed by atoms with van der Waals surface area (Å²) in [6.07, 6.45) is 0. The molecule has 184 valence electrons. The fourth-order valence-corrected chi connectivity index (χ4v) is 6.79. The average Bonchev–Trinajstić information content (AvgIpc) is 3.05. The van der Waals surface area contributed by atoms with Gasteiger partial charge >= 0.3 is 267 Å². The van der Waals surface area contributed by atoms with Crippen LogP contribution in [-0.2, 0) is 0 Å². The third kappa shape index (κ3) is 3.68. The van der Waals surface area contributed by atoms with Crippen LogP contribution < -0.4 is 42.9 Å². The molecule has 9 heteroatoms. The first-order valence-corrected chi connectivity index (χ1v) is 14.1. The summed E-state index contributed by atoms with van der Waals surface area (Å²) in [5, 5.41) is 5.03. The van der Waals surface area contributed by atoms with Crippen LogP contribution in [0.1, 0.15) is 0 Å². The maximum atomic E-state index is 6.90. The number of rotatable bonds is 2. The van der Waals surface area contributed by atoms with Crippen LogP contribution in [0.4, 0.5) is 0 Å². The van der Waals surface area contributed by atoms with Crippen LogP contribution in [-0.4, -0.2) is 61.8 Å². The molecule has 0 unspecified atom stereocenters. The molecule has 0 bridgehead atoms. The molecular formula is C35H14B8O. The molecule has 1 aromatic heterocycles. The van der Waals surface area contributed by atoms with E-state index in [0.717, 1.165) is 60.9 Å². The molecule has 14 radical (unpaired) electrons. The van der Waals surface area contributed by atoms with E-state index >= 15 is 0 Å². The zero-order valence-electron chi connectivity index (χ0n) is 23.6. The van der Waals surface area contributed by atoms with Crippen molar-refractivity contribution in [2.75, 3.05) is 0 Å². The first-order valence-electron chi connectivity index (χ1n) is 14.1. The predicted octanol–water partition coefficient (Wildman–Crippen LogP) is 1.15. The maximum absolute atomic E-state index is 6.90. The summed E-state index contributed by atoms with van der Waals surface area (Å²) in [6, 6.07) is 28.0. The third-order valence-electron chi connectivity index (χ3n) is 8.85. The van der Waals surface area contributed by atoms with Gasteiger partial charge in [0.2, 0.25) is 0 Å². The molecule has 7 aromatic rings. The van der Waals surface area contributed by atoms with Crippen molar-refractivity contribution in [2.45, 2.75) is 0 Å². The van der Waals surface area contributed by atoms with E-state index in [4.69, 9.17) is 59.7 Å². The van der Waals surface area contributed by atoms with Gasteiger partial charge in [-0.05, 0) is 0 Å². The summed E-state index contributed by atoms with van der Waals surface area (Å²) in [6.45, 7) is 1.85. The van der Waals surface area contributed by atoms with Gasteiger partial charge in [-0.3, -0.25) is 0 Å². The molecule has 0 saturated heterocycles. The molecule has 0 aliphatic carbocycles. The zero-order valence-corrected chi connectivity index (χ0v) is 23.6. The van der Waals surface area contributed by atoms with Crippen LogP contribution >= 0.6 is 0 Å². The van der Waals surface area contributed by atoms with Crippen molar-refractivity contribution in [1.29, 1.82) is 0 Å². The number of hydrogen-bond donors (Lipinski definition) is 0. The van der Waals surface area contributed by atoms with E-state index in [1.165, 1.54) is 0 Å². The Balaban J connectivity index is 1.65. The third-order valence-corrected chi connectivity index (χ3v) is 8.85. The Labute approximate surface area is 265 Å². The molecule has 6 aromatic carbocycles. The average molecular weight is 537 g/mol. The topological polar surface area (TPSA) is 9.23 Å². The molecule has 0 amide bonds. The van der Waals surface area contributed by atoms with E-state index in [9.17, 15) is 0 Å². The van der Waals surface area contributed by atoms with Crippen LogP contribution in [0.15, 0.2) is 84.9 Å². The Morgan fingerprint density at radius 1 is 0.432 bits per heavy atom. The van der Waals surface area contributed by atoms with Gasteiger partial charge < -0.3 is 0 Å². The number of benzene rings is 6. The van der Waals surface area contributed by atoms with Crippen molar-refractivity contribution in [2.24, 2.45) is 0 Å². The van der Waals surface area contributed by atoms with E-state index in [1.807, 2.05) is 73.6 Å². The summed E-state index contributed by atoms with van der Waals surface area (Å²) >= 11 is 0. The van der Waals surface area contributed by atoms with Crippen molar-refractivity contribution < 1.29 is 4.74 Å². The van der Waals surface area contributed by atoms with Crippen LogP contribution in [0.3, 0.4) is 0 Å². The van der Waals surface area contributed by atoms with Gasteiger partial charge in [-0.15, -0.1) is 0 Å². The molecule has 44 heavy (non-hydrogen) atoms. The Bertz CT molecular complexity index is 2390. The monoisotopic (exact) mass is 538 g/mol. The van der Waals surface area contributed by atoms with Crippen molar-refractivity contribution in [3.8, 4) is 44.9 Å². The van der Waals surface area contributed by atoms with E-state index in [-0.39, 0.29) is 16.4 Å². The molecule has 1 aliphatic heterocycles. The minimum atomic E-state index is 0.210. The summed E-state index contributed by atoms with van der Waals surface area (Å²) in [5.41, 5.74) is 7.02. The van der Waals surface area contributed by atoms with E-state index in [2.05, 4.69) is 18.2 Å². The second-order valence-corrected chi connectivity index (χ2v) is 11.2. The second kappa shape index (κ2) is 9.89. The Kier molecular flexibility index (Phi) is 6.14. The van der Waals surface area contributed by atoms with Gasteiger partial charge in [0.25, 0.3) is 0 Å². The minimum absolute atomic E-state index is 0.210. The van der Waals surface area contributed by atoms with Gasteiger partial charge in [-0.25, -0.2) is 0 Å². The van der Waals surface area contributed by atoms with Crippen molar-refractivity contribution in [1.82, 2.24) is 0 Å². The fourth-order valence-electron chi connectivity index (χ4n) is 6.79. The first kappa shape index (κ1) is 27.3. The van der Waals surface area contributed by atoms with E-state index in [0.29, 0.717) is 37.9 Å². The van der Waals surface area contributed by atoms with E-state index < -0.39 is 0 Å². The van der Waals surface area contributed by atoms with Gasteiger partial charge in [0.05, 0.1) is 0 Å². The molecule has 0 saturated carbocycles. The number of fused-ring (bicyclic) bond motifs is 4. The Morgan fingerprint density at radius 2 is 1.07 bits per heavy atom. The summed E-state index contributed by atoms with van der Waals surface area (Å²) in [4.78, 5) is 0. The summed E-state index contributed by atoms with van der Waals surface area (Å²) < 4.78 is 6.39. The van der Waals surface area contributed by atoms with Gasteiger partial charge in [0.15, 0.2) is 0 Å². The normalized spacial score (nSPS) is 11.9. The fraction of sp³-hybridized carbons (Fsp3) is 0. The van der Waals surface area contributed by atoms with Gasteiger partial charge in [-0.1, -0.05) is 0 Å². The van der Waals surface area contributed by atoms with Crippen LogP contribution in [0.5, 0.6) is 11.5 Å². The molecule has 0 atom stereocenters. The molecule has 0 fully saturated rings. The molecule has 8 rings (SSSR count). The first-order chi connectivity index (χ1) is 21.3. The Hall–Kier alpha value is -4.23. The molecule has 2 heterocycles. The van der Waals surface area contributed by atoms with Gasteiger partial charge in [-0.2, -0.15) is 0 Å². The van der Waals surface area contributed by atoms with Gasteiger partial charge in [0, 0.05) is 0 Å². The van der Waals surface area contributed by atoms with Crippen molar-refractivity contribution in [3.63, 3.8) is 0 Å². The molecular weight excluding hydrogens is 523 g/mol. The second-order valence-electron chi connectivity index (χ2n) is 11.2. The molecule has 0 spiro atoms. The quantitative estimate of drug-likeness (QED) is 0.238. The summed E-state index contributed by atoms with van der Waals surface area (Å²) in [7, 11) is 46.6. The van der Waals surface area contributed by atoms with Gasteiger partial charge in [0.1, 0.15) is 0 Å². The number of hydrogen-bond acceptors (Lipinski definition) is 1.